The van der Waals surface area contributed by atoms with Crippen molar-refractivity contribution in [2.24, 2.45) is 5.41 Å². The number of anilines is 1. The van der Waals surface area contributed by atoms with E-state index < -0.39 is 5.41 Å². The minimum absolute atomic E-state index is 0.0866. The topological polar surface area (TPSA) is 62.3 Å². The predicted molar refractivity (Wildman–Crippen MR) is 107 cm³/mol. The van der Waals surface area contributed by atoms with E-state index in [1.807, 2.05) is 45.0 Å². The lowest BCUT2D eigenvalue weighted by molar-refractivity contribution is -0.141. The molecule has 1 heterocycles. The molecule has 0 aliphatic heterocycles. The molecule has 142 valence electrons. The van der Waals surface area contributed by atoms with Crippen molar-refractivity contribution in [1.82, 2.24) is 9.88 Å². The summed E-state index contributed by atoms with van der Waals surface area (Å²) in [5.74, 6) is -0.269. The van der Waals surface area contributed by atoms with Gasteiger partial charge in [0.2, 0.25) is 11.8 Å². The second-order valence-electron chi connectivity index (χ2n) is 7.64. The summed E-state index contributed by atoms with van der Waals surface area (Å²) >= 11 is 0. The van der Waals surface area contributed by atoms with Gasteiger partial charge in [-0.1, -0.05) is 17.7 Å². The Morgan fingerprint density at radius 3 is 2.26 bits per heavy atom. The van der Waals surface area contributed by atoms with Gasteiger partial charge >= 0.3 is 0 Å². The zero-order chi connectivity index (χ0) is 19.6. The molecular weight excluding hydrogens is 338 g/mol. The Balaban J connectivity index is 1.67. The Morgan fingerprint density at radius 2 is 1.70 bits per heavy atom. The third-order valence-corrected chi connectivity index (χ3v) is 5.34. The van der Waals surface area contributed by atoms with Gasteiger partial charge in [-0.3, -0.25) is 14.6 Å². The number of amides is 2. The zero-order valence-electron chi connectivity index (χ0n) is 16.5. The molecule has 0 unspecified atom stereocenters. The first-order valence-electron chi connectivity index (χ1n) is 9.37. The van der Waals surface area contributed by atoms with E-state index in [0.29, 0.717) is 19.4 Å². The van der Waals surface area contributed by atoms with E-state index in [-0.39, 0.29) is 11.8 Å². The van der Waals surface area contributed by atoms with Crippen LogP contribution in [-0.2, 0) is 16.0 Å². The molecule has 1 N–H and O–H groups in total. The van der Waals surface area contributed by atoms with Gasteiger partial charge in [0.05, 0.1) is 0 Å². The summed E-state index contributed by atoms with van der Waals surface area (Å²) < 4.78 is 0. The van der Waals surface area contributed by atoms with E-state index in [1.165, 1.54) is 0 Å². The van der Waals surface area contributed by atoms with Crippen LogP contribution in [0.1, 0.15) is 35.1 Å². The van der Waals surface area contributed by atoms with Gasteiger partial charge in [0, 0.05) is 31.7 Å². The van der Waals surface area contributed by atoms with Crippen LogP contribution in [0.15, 0.2) is 36.7 Å². The summed E-state index contributed by atoms with van der Waals surface area (Å²) in [7, 11) is 1.78. The summed E-state index contributed by atoms with van der Waals surface area (Å²) in [4.78, 5) is 31.6. The van der Waals surface area contributed by atoms with E-state index in [0.717, 1.165) is 34.4 Å². The fourth-order valence-electron chi connectivity index (χ4n) is 3.59. The molecule has 0 saturated heterocycles. The van der Waals surface area contributed by atoms with Crippen molar-refractivity contribution in [2.45, 2.75) is 40.0 Å². The monoisotopic (exact) mass is 365 g/mol. The lowest BCUT2D eigenvalue weighted by Crippen LogP contribution is -2.42. The lowest BCUT2D eigenvalue weighted by Gasteiger charge is -2.24. The van der Waals surface area contributed by atoms with Gasteiger partial charge in [0.25, 0.3) is 0 Å². The minimum atomic E-state index is -0.906. The molecule has 2 aromatic rings. The first kappa shape index (κ1) is 19.1. The highest BCUT2D eigenvalue weighted by molar-refractivity contribution is 6.13. The smallest absolute Gasteiger partial charge is 0.240 e. The molecule has 1 saturated carbocycles. The van der Waals surface area contributed by atoms with E-state index in [1.54, 1.807) is 24.3 Å². The van der Waals surface area contributed by atoms with Crippen LogP contribution in [0.2, 0.25) is 0 Å². The normalized spacial score (nSPS) is 14.5. The summed E-state index contributed by atoms with van der Waals surface area (Å²) in [6, 6.07) is 7.98. The average Bonchev–Trinajstić information content (AvgIpc) is 3.44. The Hall–Kier alpha value is -2.69. The number of benzene rings is 1. The average molecular weight is 365 g/mol. The molecule has 5 heteroatoms. The largest absolute Gasteiger partial charge is 0.344 e. The van der Waals surface area contributed by atoms with Crippen LogP contribution in [0.3, 0.4) is 0 Å². The van der Waals surface area contributed by atoms with Crippen molar-refractivity contribution >= 4 is 17.5 Å². The van der Waals surface area contributed by atoms with Crippen LogP contribution >= 0.6 is 0 Å². The SMILES string of the molecule is Cc1cc(C)c(NC(=O)C2(C(=O)N(C)CCc3ccncc3)CC2)c(C)c1. The zero-order valence-corrected chi connectivity index (χ0v) is 16.5. The van der Waals surface area contributed by atoms with Gasteiger partial charge in [0.1, 0.15) is 5.41 Å². The maximum absolute atomic E-state index is 13.0. The molecule has 1 aromatic heterocycles. The molecule has 0 radical (unpaired) electrons. The Labute approximate surface area is 160 Å². The highest BCUT2D eigenvalue weighted by Crippen LogP contribution is 2.48. The summed E-state index contributed by atoms with van der Waals surface area (Å²) in [5.41, 5.74) is 4.26. The van der Waals surface area contributed by atoms with Crippen LogP contribution in [0.4, 0.5) is 5.69 Å². The number of carbonyl (C=O) groups excluding carboxylic acids is 2. The molecule has 0 atom stereocenters. The van der Waals surface area contributed by atoms with Gasteiger partial charge in [-0.25, -0.2) is 0 Å². The second kappa shape index (κ2) is 7.51. The fraction of sp³-hybridized carbons (Fsp3) is 0.409. The molecule has 1 aliphatic carbocycles. The summed E-state index contributed by atoms with van der Waals surface area (Å²) in [6.45, 7) is 6.59. The van der Waals surface area contributed by atoms with Crippen molar-refractivity contribution < 1.29 is 9.59 Å². The molecule has 5 nitrogen and oxygen atoms in total. The maximum atomic E-state index is 13.0. The number of rotatable bonds is 6. The van der Waals surface area contributed by atoms with Crippen LogP contribution in [-0.4, -0.2) is 35.3 Å². The number of pyridine rings is 1. The van der Waals surface area contributed by atoms with Crippen LogP contribution < -0.4 is 5.32 Å². The lowest BCUT2D eigenvalue weighted by atomic mass is 10.0. The third-order valence-electron chi connectivity index (χ3n) is 5.34. The van der Waals surface area contributed by atoms with E-state index in [4.69, 9.17) is 0 Å². The van der Waals surface area contributed by atoms with Gasteiger partial charge in [-0.15, -0.1) is 0 Å². The first-order chi connectivity index (χ1) is 12.8. The molecule has 0 bridgehead atoms. The molecule has 0 spiro atoms. The van der Waals surface area contributed by atoms with Crippen molar-refractivity contribution in [2.75, 3.05) is 18.9 Å². The van der Waals surface area contributed by atoms with Crippen LogP contribution in [0.25, 0.3) is 0 Å². The quantitative estimate of drug-likeness (QED) is 0.798. The number of hydrogen-bond donors (Lipinski definition) is 1. The van der Waals surface area contributed by atoms with Gasteiger partial charge in [-0.2, -0.15) is 0 Å². The predicted octanol–water partition coefficient (Wildman–Crippen LogP) is 3.43. The number of carbonyl (C=O) groups is 2. The van der Waals surface area contributed by atoms with Crippen molar-refractivity contribution in [3.05, 3.63) is 58.9 Å². The minimum Gasteiger partial charge on any atom is -0.344 e. The first-order valence-corrected chi connectivity index (χ1v) is 9.37. The number of nitrogens with zero attached hydrogens (tertiary/aromatic N) is 2. The number of nitrogens with one attached hydrogen (secondary N) is 1. The Kier molecular flexibility index (Phi) is 5.31. The molecular formula is C22H27N3O2. The number of aryl methyl sites for hydroxylation is 3. The number of hydrogen-bond acceptors (Lipinski definition) is 3. The number of aromatic nitrogens is 1. The van der Waals surface area contributed by atoms with Crippen molar-refractivity contribution in [3.8, 4) is 0 Å². The molecule has 1 aliphatic rings. The Morgan fingerprint density at radius 1 is 1.11 bits per heavy atom. The highest BCUT2D eigenvalue weighted by atomic mass is 16.2. The molecule has 1 aromatic carbocycles. The third kappa shape index (κ3) is 4.02. The van der Waals surface area contributed by atoms with E-state index >= 15 is 0 Å². The molecule has 2 amide bonds. The molecule has 3 rings (SSSR count). The Bertz CT molecular complexity index is 834. The molecule has 27 heavy (non-hydrogen) atoms. The van der Waals surface area contributed by atoms with Gasteiger partial charge in [-0.05, 0) is 68.9 Å². The van der Waals surface area contributed by atoms with Crippen LogP contribution in [0.5, 0.6) is 0 Å². The van der Waals surface area contributed by atoms with E-state index in [2.05, 4.69) is 10.3 Å². The van der Waals surface area contributed by atoms with Gasteiger partial charge < -0.3 is 10.2 Å². The fourth-order valence-corrected chi connectivity index (χ4v) is 3.59. The maximum Gasteiger partial charge on any atom is 0.240 e. The standard InChI is InChI=1S/C22H27N3O2/c1-15-13-16(2)19(17(3)14-15)24-20(26)22(8-9-22)21(27)25(4)12-7-18-5-10-23-11-6-18/h5-6,10-11,13-14H,7-9,12H2,1-4H3,(H,24,26). The van der Waals surface area contributed by atoms with Gasteiger partial charge in [0.15, 0.2) is 0 Å². The van der Waals surface area contributed by atoms with Crippen molar-refractivity contribution in [1.29, 1.82) is 0 Å². The molecule has 1 fully saturated rings. The summed E-state index contributed by atoms with van der Waals surface area (Å²) in [6.07, 6.45) is 5.47. The second-order valence-corrected chi connectivity index (χ2v) is 7.64. The summed E-state index contributed by atoms with van der Waals surface area (Å²) in [5, 5.41) is 3.02. The van der Waals surface area contributed by atoms with Crippen LogP contribution in [0, 0.1) is 26.2 Å². The number of likely N-dealkylation sites (N-methyl/N-ethyl adjacent to an activating group) is 1. The highest BCUT2D eigenvalue weighted by Gasteiger charge is 2.57. The van der Waals surface area contributed by atoms with E-state index in [9.17, 15) is 9.59 Å². The van der Waals surface area contributed by atoms with Crippen molar-refractivity contribution in [3.63, 3.8) is 0 Å².